The third kappa shape index (κ3) is 3.92. The standard InChI is InChI=1S/C28H28F3N3O3/c1-4-14-33-19-13-9-8-12-18(19)27(2,3)20(33)15-17-23(35)21(24(17)36)22-25(28(29,30)31)32-34(26(22)37)16-10-6-5-7-11-16/h5-13,15,17,21,23-24,32H,4,14H2,1-3H3/q-2. The van der Waals surface area contributed by atoms with Crippen molar-refractivity contribution in [3.05, 3.63) is 93.5 Å². The van der Waals surface area contributed by atoms with Crippen molar-refractivity contribution in [1.82, 2.24) is 9.78 Å². The number of para-hydroxylation sites is 2. The molecule has 5 rings (SSSR count). The van der Waals surface area contributed by atoms with E-state index in [-0.39, 0.29) is 5.69 Å². The molecule has 6 nitrogen and oxygen atoms in total. The van der Waals surface area contributed by atoms with Crippen molar-refractivity contribution in [2.45, 2.75) is 56.9 Å². The summed E-state index contributed by atoms with van der Waals surface area (Å²) in [5.74, 6) is -2.65. The number of halogens is 3. The van der Waals surface area contributed by atoms with E-state index in [1.807, 2.05) is 45.0 Å². The Morgan fingerprint density at radius 3 is 2.27 bits per heavy atom. The second kappa shape index (κ2) is 8.92. The van der Waals surface area contributed by atoms with Crippen LogP contribution in [0.1, 0.15) is 49.9 Å². The maximum Gasteiger partial charge on any atom is 0.433 e. The Morgan fingerprint density at radius 1 is 1.03 bits per heavy atom. The Bertz CT molecular complexity index is 1380. The molecule has 2 aromatic carbocycles. The predicted octanol–water partition coefficient (Wildman–Crippen LogP) is 3.45. The van der Waals surface area contributed by atoms with E-state index in [1.54, 1.807) is 24.3 Å². The van der Waals surface area contributed by atoms with E-state index in [4.69, 9.17) is 0 Å². The van der Waals surface area contributed by atoms with Gasteiger partial charge in [-0.25, -0.2) is 4.68 Å². The van der Waals surface area contributed by atoms with Gasteiger partial charge in [0.05, 0.1) is 11.3 Å². The van der Waals surface area contributed by atoms with Gasteiger partial charge in [-0.15, -0.1) is 12.2 Å². The number of alkyl halides is 3. The summed E-state index contributed by atoms with van der Waals surface area (Å²) in [5, 5.41) is 28.9. The number of allylic oxidation sites excluding steroid dienone is 1. The van der Waals surface area contributed by atoms with Gasteiger partial charge < -0.3 is 15.1 Å². The monoisotopic (exact) mass is 511 g/mol. The summed E-state index contributed by atoms with van der Waals surface area (Å²) in [6.45, 7) is 6.72. The molecule has 196 valence electrons. The van der Waals surface area contributed by atoms with E-state index >= 15 is 0 Å². The van der Waals surface area contributed by atoms with Crippen LogP contribution >= 0.6 is 0 Å². The maximum absolute atomic E-state index is 13.9. The van der Waals surface area contributed by atoms with Crippen LogP contribution in [0.5, 0.6) is 0 Å². The average Bonchev–Trinajstić information content (AvgIpc) is 3.30. The number of hydrogen-bond acceptors (Lipinski definition) is 4. The van der Waals surface area contributed by atoms with Crippen LogP contribution in [0.25, 0.3) is 5.69 Å². The normalized spacial score (nSPS) is 25.8. The molecule has 0 saturated heterocycles. The molecule has 0 radical (unpaired) electrons. The topological polar surface area (TPSA) is 87.2 Å². The van der Waals surface area contributed by atoms with Crippen molar-refractivity contribution in [3.8, 4) is 5.69 Å². The largest absolute Gasteiger partial charge is 0.851 e. The molecule has 1 aromatic heterocycles. The third-order valence-electron chi connectivity index (χ3n) is 7.62. The molecule has 1 N–H and O–H groups in total. The number of benzene rings is 2. The van der Waals surface area contributed by atoms with Crippen molar-refractivity contribution in [2.24, 2.45) is 5.92 Å². The van der Waals surface area contributed by atoms with E-state index < -0.39 is 52.5 Å². The molecule has 2 unspecified atom stereocenters. The fraction of sp³-hybridized carbons (Fsp3) is 0.393. The summed E-state index contributed by atoms with van der Waals surface area (Å²) in [4.78, 5) is 15.2. The third-order valence-corrected chi connectivity index (χ3v) is 7.62. The van der Waals surface area contributed by atoms with Crippen molar-refractivity contribution in [2.75, 3.05) is 11.4 Å². The first-order valence-corrected chi connectivity index (χ1v) is 12.4. The van der Waals surface area contributed by atoms with Gasteiger partial charge in [0.2, 0.25) is 0 Å². The minimum atomic E-state index is -4.93. The zero-order valence-electron chi connectivity index (χ0n) is 20.8. The number of anilines is 1. The first-order valence-electron chi connectivity index (χ1n) is 12.4. The summed E-state index contributed by atoms with van der Waals surface area (Å²) < 4.78 is 42.6. The summed E-state index contributed by atoms with van der Waals surface area (Å²) in [6.07, 6.45) is -5.80. The zero-order valence-corrected chi connectivity index (χ0v) is 20.8. The molecule has 0 bridgehead atoms. The van der Waals surface area contributed by atoms with Crippen LogP contribution in [0, 0.1) is 5.92 Å². The highest BCUT2D eigenvalue weighted by Gasteiger charge is 2.48. The van der Waals surface area contributed by atoms with Crippen LogP contribution in [-0.4, -0.2) is 28.5 Å². The summed E-state index contributed by atoms with van der Waals surface area (Å²) >= 11 is 0. The van der Waals surface area contributed by atoms with Crippen LogP contribution in [-0.2, 0) is 11.6 Å². The summed E-state index contributed by atoms with van der Waals surface area (Å²) in [7, 11) is 0. The molecule has 37 heavy (non-hydrogen) atoms. The van der Waals surface area contributed by atoms with E-state index in [2.05, 4.69) is 10.00 Å². The molecule has 0 spiro atoms. The lowest BCUT2D eigenvalue weighted by molar-refractivity contribution is -0.543. The molecule has 1 aliphatic heterocycles. The van der Waals surface area contributed by atoms with Crippen LogP contribution in [0.3, 0.4) is 0 Å². The van der Waals surface area contributed by atoms with Gasteiger partial charge in [-0.05, 0) is 42.0 Å². The van der Waals surface area contributed by atoms with E-state index in [1.165, 1.54) is 12.1 Å². The highest BCUT2D eigenvalue weighted by atomic mass is 19.4. The first kappa shape index (κ1) is 25.4. The van der Waals surface area contributed by atoms with Gasteiger partial charge in [0.1, 0.15) is 5.69 Å². The Labute approximate surface area is 212 Å². The lowest BCUT2D eigenvalue weighted by atomic mass is 9.64. The van der Waals surface area contributed by atoms with Crippen molar-refractivity contribution < 1.29 is 23.4 Å². The summed E-state index contributed by atoms with van der Waals surface area (Å²) in [5.41, 5.74) is -0.562. The number of hydrogen-bond donors (Lipinski definition) is 1. The number of rotatable bonds is 5. The van der Waals surface area contributed by atoms with Gasteiger partial charge in [0.25, 0.3) is 5.56 Å². The van der Waals surface area contributed by atoms with Gasteiger partial charge >= 0.3 is 6.18 Å². The van der Waals surface area contributed by atoms with Gasteiger partial charge in [-0.1, -0.05) is 63.2 Å². The molecule has 2 heterocycles. The minimum absolute atomic E-state index is 0.188. The lowest BCUT2D eigenvalue weighted by Crippen LogP contribution is -2.65. The molecule has 0 amide bonds. The molecular weight excluding hydrogens is 483 g/mol. The number of fused-ring (bicyclic) bond motifs is 1. The van der Waals surface area contributed by atoms with Crippen LogP contribution < -0.4 is 20.7 Å². The zero-order chi connectivity index (χ0) is 26.7. The quantitative estimate of drug-likeness (QED) is 0.569. The van der Waals surface area contributed by atoms with Gasteiger partial charge in [-0.3, -0.25) is 9.89 Å². The molecule has 2 atom stereocenters. The molecule has 1 saturated carbocycles. The summed E-state index contributed by atoms with van der Waals surface area (Å²) in [6, 6.07) is 15.6. The molecule has 1 aliphatic carbocycles. The SMILES string of the molecule is CCCN1C(=CC2C([O-])C(c3c(C(F)(F)F)[nH]n(-c4ccccc4)c3=O)C2[O-])C(C)(C)c2ccccc21. The van der Waals surface area contributed by atoms with Gasteiger partial charge in [0.15, 0.2) is 0 Å². The Morgan fingerprint density at radius 2 is 1.65 bits per heavy atom. The van der Waals surface area contributed by atoms with E-state index in [0.717, 1.165) is 28.1 Å². The second-order valence-electron chi connectivity index (χ2n) is 10.3. The molecular formula is C28H28F3N3O3-2. The van der Waals surface area contributed by atoms with Crippen LogP contribution in [0.2, 0.25) is 0 Å². The van der Waals surface area contributed by atoms with Crippen LogP contribution in [0.15, 0.2) is 71.2 Å². The first-order chi connectivity index (χ1) is 17.5. The molecule has 1 fully saturated rings. The van der Waals surface area contributed by atoms with Crippen molar-refractivity contribution >= 4 is 5.69 Å². The smallest absolute Gasteiger partial charge is 0.433 e. The predicted molar refractivity (Wildman–Crippen MR) is 130 cm³/mol. The van der Waals surface area contributed by atoms with E-state index in [0.29, 0.717) is 6.54 Å². The molecule has 2 aliphatic rings. The highest BCUT2D eigenvalue weighted by molar-refractivity contribution is 5.70. The Kier molecular flexibility index (Phi) is 6.11. The number of H-pyrrole nitrogens is 1. The number of nitrogens with zero attached hydrogens (tertiary/aromatic N) is 2. The van der Waals surface area contributed by atoms with Crippen LogP contribution in [0.4, 0.5) is 18.9 Å². The van der Waals surface area contributed by atoms with Crippen molar-refractivity contribution in [1.29, 1.82) is 0 Å². The van der Waals surface area contributed by atoms with Gasteiger partial charge in [0, 0.05) is 23.3 Å². The van der Waals surface area contributed by atoms with E-state index in [9.17, 15) is 28.2 Å². The highest BCUT2D eigenvalue weighted by Crippen LogP contribution is 2.50. The molecule has 9 heteroatoms. The van der Waals surface area contributed by atoms with Crippen molar-refractivity contribution in [3.63, 3.8) is 0 Å². The number of aromatic nitrogens is 2. The fourth-order valence-corrected chi connectivity index (χ4v) is 5.75. The maximum atomic E-state index is 13.9. The minimum Gasteiger partial charge on any atom is -0.851 e. The number of aromatic amines is 1. The Hall–Kier alpha value is -3.30. The second-order valence-corrected chi connectivity index (χ2v) is 10.3. The molecule has 3 aromatic rings. The van der Waals surface area contributed by atoms with Gasteiger partial charge in [-0.2, -0.15) is 13.2 Å². The average molecular weight is 512 g/mol. The lowest BCUT2D eigenvalue weighted by Gasteiger charge is -2.60. The fourth-order valence-electron chi connectivity index (χ4n) is 5.75. The number of nitrogens with one attached hydrogen (secondary N) is 1. The Balaban J connectivity index is 1.54.